The van der Waals surface area contributed by atoms with E-state index in [0.717, 1.165) is 25.3 Å². The summed E-state index contributed by atoms with van der Waals surface area (Å²) in [6.07, 6.45) is 5.09. The van der Waals surface area contributed by atoms with Crippen molar-refractivity contribution >= 4 is 11.9 Å². The third kappa shape index (κ3) is 10.9. The Morgan fingerprint density at radius 2 is 2.00 bits per heavy atom. The summed E-state index contributed by atoms with van der Waals surface area (Å²) in [5.74, 6) is -0.393. The van der Waals surface area contributed by atoms with Gasteiger partial charge in [0.2, 0.25) is 5.91 Å². The van der Waals surface area contributed by atoms with Crippen LogP contribution >= 0.6 is 0 Å². The molecule has 0 unspecified atom stereocenters. The van der Waals surface area contributed by atoms with Crippen LogP contribution in [0.5, 0.6) is 0 Å². The Hall–Kier alpha value is -1.36. The highest BCUT2D eigenvalue weighted by atomic mass is 16.5. The van der Waals surface area contributed by atoms with Gasteiger partial charge in [-0.1, -0.05) is 13.0 Å². The van der Waals surface area contributed by atoms with E-state index < -0.39 is 5.97 Å². The molecule has 17 heavy (non-hydrogen) atoms. The highest BCUT2D eigenvalue weighted by Gasteiger charge is 2.00. The zero-order chi connectivity index (χ0) is 12.9. The molecule has 0 spiro atoms. The van der Waals surface area contributed by atoms with Crippen LogP contribution in [0.4, 0.5) is 0 Å². The maximum Gasteiger partial charge on any atom is 0.330 e. The van der Waals surface area contributed by atoms with Crippen molar-refractivity contribution in [3.63, 3.8) is 0 Å². The Labute approximate surface area is 102 Å². The molecule has 0 aromatic rings. The molecule has 0 aliphatic carbocycles. The van der Waals surface area contributed by atoms with Gasteiger partial charge in [0.05, 0.1) is 6.61 Å². The molecular formula is C12H22N2O3. The van der Waals surface area contributed by atoms with E-state index >= 15 is 0 Å². The average molecular weight is 242 g/mol. The van der Waals surface area contributed by atoms with E-state index in [1.807, 2.05) is 0 Å². The number of carbonyl (C=O) groups is 2. The number of nitrogens with two attached hydrogens (primary N) is 1. The van der Waals surface area contributed by atoms with Crippen molar-refractivity contribution in [3.8, 4) is 0 Å². The second kappa shape index (κ2) is 11.1. The molecule has 1 amide bonds. The fourth-order valence-corrected chi connectivity index (χ4v) is 1.23. The average Bonchev–Trinajstić information content (AvgIpc) is 2.34. The van der Waals surface area contributed by atoms with Crippen molar-refractivity contribution in [3.05, 3.63) is 12.7 Å². The molecule has 0 aromatic heterocycles. The summed E-state index contributed by atoms with van der Waals surface area (Å²) in [4.78, 5) is 22.0. The van der Waals surface area contributed by atoms with Gasteiger partial charge in [-0.05, 0) is 25.8 Å². The van der Waals surface area contributed by atoms with E-state index in [9.17, 15) is 9.59 Å². The Bertz CT molecular complexity index is 242. The SMILES string of the molecule is C=CC(=O)OCCCNC(=O)CCCCCN. The first kappa shape index (κ1) is 15.6. The molecule has 3 N–H and O–H groups in total. The summed E-state index contributed by atoms with van der Waals surface area (Å²) in [6.45, 7) is 4.79. The third-order valence-corrected chi connectivity index (χ3v) is 2.16. The largest absolute Gasteiger partial charge is 0.462 e. The van der Waals surface area contributed by atoms with Crippen LogP contribution in [0.25, 0.3) is 0 Å². The Kier molecular flexibility index (Phi) is 10.2. The van der Waals surface area contributed by atoms with E-state index in [1.54, 1.807) is 0 Å². The molecule has 5 heteroatoms. The van der Waals surface area contributed by atoms with E-state index in [1.165, 1.54) is 0 Å². The second-order valence-corrected chi connectivity index (χ2v) is 3.67. The molecule has 0 saturated carbocycles. The van der Waals surface area contributed by atoms with Crippen molar-refractivity contribution < 1.29 is 14.3 Å². The molecule has 0 radical (unpaired) electrons. The van der Waals surface area contributed by atoms with Gasteiger partial charge in [-0.15, -0.1) is 0 Å². The maximum atomic E-state index is 11.3. The van der Waals surface area contributed by atoms with Gasteiger partial charge >= 0.3 is 5.97 Å². The normalized spacial score (nSPS) is 9.71. The molecule has 5 nitrogen and oxygen atoms in total. The number of hydrogen-bond donors (Lipinski definition) is 2. The molecule has 0 aliphatic heterocycles. The molecule has 0 saturated heterocycles. The first-order chi connectivity index (χ1) is 8.20. The minimum atomic E-state index is -0.432. The Morgan fingerprint density at radius 3 is 2.65 bits per heavy atom. The molecule has 0 fully saturated rings. The summed E-state index contributed by atoms with van der Waals surface area (Å²) < 4.78 is 4.76. The molecule has 0 heterocycles. The highest BCUT2D eigenvalue weighted by molar-refractivity contribution is 5.81. The van der Waals surface area contributed by atoms with Crippen LogP contribution in [0.1, 0.15) is 32.1 Å². The van der Waals surface area contributed by atoms with Crippen molar-refractivity contribution in [1.82, 2.24) is 5.32 Å². The summed E-state index contributed by atoms with van der Waals surface area (Å²) in [7, 11) is 0. The minimum Gasteiger partial charge on any atom is -0.462 e. The monoisotopic (exact) mass is 242 g/mol. The van der Waals surface area contributed by atoms with Crippen LogP contribution in [0.2, 0.25) is 0 Å². The van der Waals surface area contributed by atoms with E-state index in [0.29, 0.717) is 32.5 Å². The standard InChI is InChI=1S/C12H22N2O3/c1-2-12(16)17-10-6-9-14-11(15)7-4-3-5-8-13/h2H,1,3-10,13H2,(H,14,15). The molecule has 0 rings (SSSR count). The molecule has 0 bridgehead atoms. The van der Waals surface area contributed by atoms with Gasteiger partial charge in [-0.2, -0.15) is 0 Å². The van der Waals surface area contributed by atoms with Crippen LogP contribution in [0.3, 0.4) is 0 Å². The molecular weight excluding hydrogens is 220 g/mol. The van der Waals surface area contributed by atoms with E-state index in [4.69, 9.17) is 10.5 Å². The van der Waals surface area contributed by atoms with Gasteiger partial charge in [0.1, 0.15) is 0 Å². The molecule has 0 aromatic carbocycles. The number of nitrogens with one attached hydrogen (secondary N) is 1. The van der Waals surface area contributed by atoms with Gasteiger partial charge in [0.25, 0.3) is 0 Å². The molecule has 98 valence electrons. The number of ether oxygens (including phenoxy) is 1. The van der Waals surface area contributed by atoms with Gasteiger partial charge in [-0.3, -0.25) is 4.79 Å². The van der Waals surface area contributed by atoms with E-state index in [-0.39, 0.29) is 5.91 Å². The van der Waals surface area contributed by atoms with Crippen LogP contribution < -0.4 is 11.1 Å². The minimum absolute atomic E-state index is 0.0390. The summed E-state index contributed by atoms with van der Waals surface area (Å²) >= 11 is 0. The number of amides is 1. The van der Waals surface area contributed by atoms with Crippen molar-refractivity contribution in [2.24, 2.45) is 5.73 Å². The van der Waals surface area contributed by atoms with Crippen molar-refractivity contribution in [2.45, 2.75) is 32.1 Å². The molecule has 0 aliphatic rings. The van der Waals surface area contributed by atoms with Gasteiger partial charge in [-0.25, -0.2) is 4.79 Å². The Balaban J connectivity index is 3.27. The van der Waals surface area contributed by atoms with Crippen molar-refractivity contribution in [2.75, 3.05) is 19.7 Å². The van der Waals surface area contributed by atoms with Crippen LogP contribution in [-0.2, 0) is 14.3 Å². The Morgan fingerprint density at radius 1 is 1.24 bits per heavy atom. The number of carbonyl (C=O) groups excluding carboxylic acids is 2. The van der Waals surface area contributed by atoms with Crippen molar-refractivity contribution in [1.29, 1.82) is 0 Å². The lowest BCUT2D eigenvalue weighted by Crippen LogP contribution is -2.25. The summed E-state index contributed by atoms with van der Waals surface area (Å²) in [5, 5.41) is 2.76. The number of unbranched alkanes of at least 4 members (excludes halogenated alkanes) is 2. The smallest absolute Gasteiger partial charge is 0.330 e. The third-order valence-electron chi connectivity index (χ3n) is 2.16. The quantitative estimate of drug-likeness (QED) is 0.336. The summed E-state index contributed by atoms with van der Waals surface area (Å²) in [5.41, 5.74) is 5.35. The lowest BCUT2D eigenvalue weighted by atomic mass is 10.2. The zero-order valence-corrected chi connectivity index (χ0v) is 10.2. The highest BCUT2D eigenvalue weighted by Crippen LogP contribution is 1.98. The lowest BCUT2D eigenvalue weighted by molar-refractivity contribution is -0.137. The number of hydrogen-bond acceptors (Lipinski definition) is 4. The first-order valence-electron chi connectivity index (χ1n) is 5.96. The van der Waals surface area contributed by atoms with Crippen LogP contribution in [0.15, 0.2) is 12.7 Å². The lowest BCUT2D eigenvalue weighted by Gasteiger charge is -2.05. The van der Waals surface area contributed by atoms with Crippen LogP contribution in [0, 0.1) is 0 Å². The maximum absolute atomic E-state index is 11.3. The number of esters is 1. The second-order valence-electron chi connectivity index (χ2n) is 3.67. The van der Waals surface area contributed by atoms with Gasteiger partial charge in [0.15, 0.2) is 0 Å². The van der Waals surface area contributed by atoms with E-state index in [2.05, 4.69) is 11.9 Å². The van der Waals surface area contributed by atoms with Gasteiger partial charge in [0, 0.05) is 19.0 Å². The predicted molar refractivity (Wildman–Crippen MR) is 66.3 cm³/mol. The topological polar surface area (TPSA) is 81.4 Å². The number of rotatable bonds is 10. The zero-order valence-electron chi connectivity index (χ0n) is 10.2. The molecule has 0 atom stereocenters. The predicted octanol–water partition coefficient (Wildman–Crippen LogP) is 0.741. The fourth-order valence-electron chi connectivity index (χ4n) is 1.23. The summed E-state index contributed by atoms with van der Waals surface area (Å²) in [6, 6.07) is 0. The fraction of sp³-hybridized carbons (Fsp3) is 0.667. The van der Waals surface area contributed by atoms with Gasteiger partial charge < -0.3 is 15.8 Å². The van der Waals surface area contributed by atoms with Crippen LogP contribution in [-0.4, -0.2) is 31.6 Å². The first-order valence-corrected chi connectivity index (χ1v) is 5.96.